The maximum absolute atomic E-state index is 13.5. The third kappa shape index (κ3) is 3.45. The van der Waals surface area contributed by atoms with Crippen molar-refractivity contribution in [2.75, 3.05) is 31.1 Å². The Kier molecular flexibility index (Phi) is 4.86. The molecular weight excluding hydrogens is 416 g/mol. The molecule has 166 valence electrons. The van der Waals surface area contributed by atoms with Gasteiger partial charge in [-0.05, 0) is 54.0 Å². The molecule has 6 rings (SSSR count). The first-order chi connectivity index (χ1) is 16.3. The molecule has 1 fully saturated rings. The second kappa shape index (κ2) is 8.16. The van der Waals surface area contributed by atoms with Gasteiger partial charge in [0.05, 0.1) is 11.4 Å². The molecule has 0 unspecified atom stereocenters. The number of benzene rings is 2. The van der Waals surface area contributed by atoms with E-state index in [-0.39, 0.29) is 5.91 Å². The Morgan fingerprint density at radius 3 is 2.15 bits per heavy atom. The number of carbonyl (C=O) groups is 1. The van der Waals surface area contributed by atoms with Crippen LogP contribution in [0.1, 0.15) is 28.2 Å². The summed E-state index contributed by atoms with van der Waals surface area (Å²) in [4.78, 5) is 17.5. The number of rotatable bonds is 4. The van der Waals surface area contributed by atoms with Gasteiger partial charge in [0.25, 0.3) is 5.91 Å². The number of amides is 1. The van der Waals surface area contributed by atoms with Crippen molar-refractivity contribution in [3.05, 3.63) is 77.6 Å². The number of tetrazole rings is 1. The van der Waals surface area contributed by atoms with Crippen molar-refractivity contribution in [1.29, 1.82) is 0 Å². The number of hydrogen-bond donors (Lipinski definition) is 0. The summed E-state index contributed by atoms with van der Waals surface area (Å²) in [6.07, 6.45) is 2.94. The van der Waals surface area contributed by atoms with Crippen molar-refractivity contribution in [2.45, 2.75) is 19.3 Å². The summed E-state index contributed by atoms with van der Waals surface area (Å²) in [6.45, 7) is 2.54. The van der Waals surface area contributed by atoms with E-state index in [4.69, 9.17) is 5.10 Å². The van der Waals surface area contributed by atoms with Crippen LogP contribution in [0.3, 0.4) is 0 Å². The average Bonchev–Trinajstić information content (AvgIpc) is 3.62. The molecule has 1 aliphatic carbocycles. The van der Waals surface area contributed by atoms with Crippen LogP contribution in [-0.4, -0.2) is 67.0 Å². The zero-order valence-electron chi connectivity index (χ0n) is 18.2. The van der Waals surface area contributed by atoms with Crippen LogP contribution in [0.4, 0.5) is 5.95 Å². The number of aromatic nitrogens is 6. The van der Waals surface area contributed by atoms with E-state index in [1.807, 2.05) is 70.2 Å². The number of carbonyl (C=O) groups excluding carboxylic acids is 1. The second-order valence-corrected chi connectivity index (χ2v) is 8.38. The molecule has 1 saturated heterocycles. The highest BCUT2D eigenvalue weighted by Crippen LogP contribution is 2.29. The van der Waals surface area contributed by atoms with Gasteiger partial charge in [0.1, 0.15) is 0 Å². The minimum absolute atomic E-state index is 0.0186. The summed E-state index contributed by atoms with van der Waals surface area (Å²) in [5.41, 5.74) is 4.81. The fourth-order valence-corrected chi connectivity index (χ4v) is 4.77. The maximum atomic E-state index is 13.5. The predicted octanol–water partition coefficient (Wildman–Crippen LogP) is 2.30. The van der Waals surface area contributed by atoms with Gasteiger partial charge >= 0.3 is 0 Å². The van der Waals surface area contributed by atoms with Gasteiger partial charge in [-0.2, -0.15) is 9.78 Å². The van der Waals surface area contributed by atoms with Crippen LogP contribution in [0.5, 0.6) is 0 Å². The van der Waals surface area contributed by atoms with Crippen molar-refractivity contribution < 1.29 is 4.79 Å². The number of anilines is 1. The van der Waals surface area contributed by atoms with E-state index in [0.29, 0.717) is 37.8 Å². The molecule has 33 heavy (non-hydrogen) atoms. The van der Waals surface area contributed by atoms with E-state index in [0.717, 1.165) is 36.2 Å². The summed E-state index contributed by atoms with van der Waals surface area (Å²) in [5, 5.41) is 17.0. The van der Waals surface area contributed by atoms with E-state index >= 15 is 0 Å². The number of hydrogen-bond acceptors (Lipinski definition) is 6. The van der Waals surface area contributed by atoms with Crippen LogP contribution >= 0.6 is 0 Å². The Bertz CT molecular complexity index is 1270. The topological polar surface area (TPSA) is 85.0 Å². The quantitative estimate of drug-likeness (QED) is 0.484. The van der Waals surface area contributed by atoms with Crippen LogP contribution in [0.25, 0.3) is 11.4 Å². The smallest absolute Gasteiger partial charge is 0.274 e. The third-order valence-corrected chi connectivity index (χ3v) is 6.44. The molecule has 1 aliphatic heterocycles. The predicted molar refractivity (Wildman–Crippen MR) is 123 cm³/mol. The van der Waals surface area contributed by atoms with Gasteiger partial charge in [-0.1, -0.05) is 41.5 Å². The van der Waals surface area contributed by atoms with Gasteiger partial charge < -0.3 is 9.80 Å². The Morgan fingerprint density at radius 2 is 1.45 bits per heavy atom. The molecule has 0 atom stereocenters. The van der Waals surface area contributed by atoms with Crippen LogP contribution in [0.15, 0.2) is 60.7 Å². The summed E-state index contributed by atoms with van der Waals surface area (Å²) < 4.78 is 3.70. The van der Waals surface area contributed by atoms with E-state index in [9.17, 15) is 4.79 Å². The van der Waals surface area contributed by atoms with Gasteiger partial charge in [-0.25, -0.2) is 4.68 Å². The summed E-state index contributed by atoms with van der Waals surface area (Å²) in [6, 6.07) is 19.9. The molecule has 2 aliphatic rings. The lowest BCUT2D eigenvalue weighted by atomic mass is 10.1. The standard InChI is InChI=1S/C24H24N8O/c33-23(22-20-12-7-13-21(20)31(26-22)18-8-3-1-4-9-18)29-14-16-30(17-15-29)24-25-27-28-32(24)19-10-5-2-6-11-19/h1-6,8-11H,7,12-17H2. The monoisotopic (exact) mass is 440 g/mol. The first kappa shape index (κ1) is 19.7. The summed E-state index contributed by atoms with van der Waals surface area (Å²) >= 11 is 0. The Morgan fingerprint density at radius 1 is 0.788 bits per heavy atom. The molecule has 9 nitrogen and oxygen atoms in total. The van der Waals surface area contributed by atoms with Crippen molar-refractivity contribution >= 4 is 11.9 Å². The minimum atomic E-state index is 0.0186. The third-order valence-electron chi connectivity index (χ3n) is 6.44. The molecule has 0 saturated carbocycles. The molecular formula is C24H24N8O. The van der Waals surface area contributed by atoms with Gasteiger partial charge in [0, 0.05) is 37.4 Å². The summed E-state index contributed by atoms with van der Waals surface area (Å²) in [5.74, 6) is 0.715. The van der Waals surface area contributed by atoms with E-state index in [1.165, 1.54) is 5.69 Å². The van der Waals surface area contributed by atoms with Crippen LogP contribution < -0.4 is 4.90 Å². The number of nitrogens with zero attached hydrogens (tertiary/aromatic N) is 8. The SMILES string of the molecule is O=C(c1nn(-c2ccccc2)c2c1CCC2)N1CCN(c2nnnn2-c2ccccc2)CC1. The molecule has 1 amide bonds. The normalized spacial score (nSPS) is 15.6. The maximum Gasteiger partial charge on any atom is 0.274 e. The zero-order chi connectivity index (χ0) is 22.2. The Hall–Kier alpha value is -4.01. The van der Waals surface area contributed by atoms with Crippen molar-refractivity contribution in [3.8, 4) is 11.4 Å². The van der Waals surface area contributed by atoms with E-state index < -0.39 is 0 Å². The molecule has 4 aromatic rings. The second-order valence-electron chi connectivity index (χ2n) is 8.38. The van der Waals surface area contributed by atoms with E-state index in [2.05, 4.69) is 20.4 Å². The minimum Gasteiger partial charge on any atom is -0.336 e. The molecule has 0 N–H and O–H groups in total. The first-order valence-corrected chi connectivity index (χ1v) is 11.3. The highest BCUT2D eigenvalue weighted by atomic mass is 16.2. The van der Waals surface area contributed by atoms with Crippen molar-refractivity contribution in [1.82, 2.24) is 34.9 Å². The highest BCUT2D eigenvalue weighted by Gasteiger charge is 2.32. The molecule has 2 aromatic heterocycles. The average molecular weight is 441 g/mol. The van der Waals surface area contributed by atoms with Gasteiger partial charge in [0.2, 0.25) is 5.95 Å². The fourth-order valence-electron chi connectivity index (χ4n) is 4.77. The molecule has 2 aromatic carbocycles. The Labute approximate surface area is 191 Å². The molecule has 0 bridgehead atoms. The van der Waals surface area contributed by atoms with Crippen LogP contribution in [0, 0.1) is 0 Å². The lowest BCUT2D eigenvalue weighted by Crippen LogP contribution is -2.49. The van der Waals surface area contributed by atoms with Crippen LogP contribution in [-0.2, 0) is 12.8 Å². The van der Waals surface area contributed by atoms with Gasteiger partial charge in [0.15, 0.2) is 5.69 Å². The largest absolute Gasteiger partial charge is 0.336 e. The summed E-state index contributed by atoms with van der Waals surface area (Å²) in [7, 11) is 0. The fraction of sp³-hybridized carbons (Fsp3) is 0.292. The van der Waals surface area contributed by atoms with Crippen molar-refractivity contribution in [2.24, 2.45) is 0 Å². The number of piperazine rings is 1. The number of para-hydroxylation sites is 2. The molecule has 3 heterocycles. The van der Waals surface area contributed by atoms with Crippen molar-refractivity contribution in [3.63, 3.8) is 0 Å². The first-order valence-electron chi connectivity index (χ1n) is 11.3. The molecule has 0 radical (unpaired) electrons. The molecule has 0 spiro atoms. The van der Waals surface area contributed by atoms with E-state index in [1.54, 1.807) is 4.68 Å². The zero-order valence-corrected chi connectivity index (χ0v) is 18.2. The van der Waals surface area contributed by atoms with Gasteiger partial charge in [-0.15, -0.1) is 0 Å². The highest BCUT2D eigenvalue weighted by molar-refractivity contribution is 5.94. The molecule has 9 heteroatoms. The lowest BCUT2D eigenvalue weighted by Gasteiger charge is -2.34. The number of fused-ring (bicyclic) bond motifs is 1. The lowest BCUT2D eigenvalue weighted by molar-refractivity contribution is 0.0738. The van der Waals surface area contributed by atoms with Crippen LogP contribution in [0.2, 0.25) is 0 Å². The Balaban J connectivity index is 1.21. The van der Waals surface area contributed by atoms with Gasteiger partial charge in [-0.3, -0.25) is 4.79 Å².